The van der Waals surface area contributed by atoms with E-state index in [0.29, 0.717) is 19.3 Å². The summed E-state index contributed by atoms with van der Waals surface area (Å²) in [4.78, 5) is 37.6. The Labute approximate surface area is 332 Å². The third-order valence-electron chi connectivity index (χ3n) is 9.07. The van der Waals surface area contributed by atoms with Crippen LogP contribution in [0, 0.1) is 0 Å². The molecule has 0 aliphatic rings. The zero-order valence-electron chi connectivity index (χ0n) is 35.0. The third-order valence-corrected chi connectivity index (χ3v) is 9.07. The van der Waals surface area contributed by atoms with E-state index in [-0.39, 0.29) is 31.1 Å². The van der Waals surface area contributed by atoms with Crippen molar-refractivity contribution in [3.8, 4) is 0 Å². The highest BCUT2D eigenvalue weighted by Gasteiger charge is 2.19. The molecule has 54 heavy (non-hydrogen) atoms. The number of ether oxygens (including phenoxy) is 3. The topological polar surface area (TPSA) is 78.9 Å². The molecule has 0 bridgehead atoms. The van der Waals surface area contributed by atoms with E-state index >= 15 is 0 Å². The Hall–Kier alpha value is -3.15. The maximum absolute atomic E-state index is 12.7. The minimum atomic E-state index is -0.792. The molecule has 0 heterocycles. The summed E-state index contributed by atoms with van der Waals surface area (Å²) in [5.74, 6) is -0.954. The Kier molecular flexibility index (Phi) is 40.1. The van der Waals surface area contributed by atoms with Gasteiger partial charge in [0.05, 0.1) is 0 Å². The van der Waals surface area contributed by atoms with Gasteiger partial charge in [-0.05, 0) is 57.8 Å². The van der Waals surface area contributed by atoms with E-state index in [4.69, 9.17) is 14.2 Å². The van der Waals surface area contributed by atoms with Crippen molar-refractivity contribution in [2.75, 3.05) is 13.2 Å². The van der Waals surface area contributed by atoms with Crippen molar-refractivity contribution in [3.63, 3.8) is 0 Å². The van der Waals surface area contributed by atoms with Gasteiger partial charge in [-0.1, -0.05) is 190 Å². The second-order valence-corrected chi connectivity index (χ2v) is 14.3. The summed E-state index contributed by atoms with van der Waals surface area (Å²) >= 11 is 0. The Morgan fingerprint density at radius 3 is 1.26 bits per heavy atom. The summed E-state index contributed by atoms with van der Waals surface area (Å²) in [5, 5.41) is 0. The van der Waals surface area contributed by atoms with Crippen LogP contribution >= 0.6 is 0 Å². The summed E-state index contributed by atoms with van der Waals surface area (Å²) in [6.45, 7) is 6.37. The van der Waals surface area contributed by atoms with Gasteiger partial charge in [-0.15, -0.1) is 0 Å². The van der Waals surface area contributed by atoms with Crippen molar-refractivity contribution < 1.29 is 28.6 Å². The molecule has 0 rings (SSSR count). The molecule has 0 N–H and O–H groups in total. The van der Waals surface area contributed by atoms with Crippen molar-refractivity contribution in [3.05, 3.63) is 72.9 Å². The predicted octanol–water partition coefficient (Wildman–Crippen LogP) is 13.9. The van der Waals surface area contributed by atoms with E-state index in [1.807, 2.05) is 48.6 Å². The smallest absolute Gasteiger partial charge is 0.306 e. The summed E-state index contributed by atoms with van der Waals surface area (Å²) in [6, 6.07) is 0. The number of unbranched alkanes of at least 4 members (excludes halogenated alkanes) is 19. The predicted molar refractivity (Wildman–Crippen MR) is 228 cm³/mol. The number of esters is 3. The van der Waals surface area contributed by atoms with Crippen LogP contribution in [-0.4, -0.2) is 37.2 Å². The van der Waals surface area contributed by atoms with E-state index in [2.05, 4.69) is 45.1 Å². The molecule has 308 valence electrons. The molecule has 0 aromatic carbocycles. The number of hydrogen-bond acceptors (Lipinski definition) is 6. The van der Waals surface area contributed by atoms with Crippen molar-refractivity contribution in [1.29, 1.82) is 0 Å². The molecular weight excluding hydrogens is 673 g/mol. The van der Waals surface area contributed by atoms with Crippen LogP contribution in [0.25, 0.3) is 0 Å². The van der Waals surface area contributed by atoms with Crippen LogP contribution in [-0.2, 0) is 28.6 Å². The number of carbonyl (C=O) groups is 3. The summed E-state index contributed by atoms with van der Waals surface area (Å²) in [6.07, 6.45) is 51.7. The Bertz CT molecular complexity index is 1050. The van der Waals surface area contributed by atoms with Crippen LogP contribution in [0.5, 0.6) is 0 Å². The molecule has 0 saturated heterocycles. The molecule has 6 heteroatoms. The second-order valence-electron chi connectivity index (χ2n) is 14.3. The average Bonchev–Trinajstić information content (AvgIpc) is 3.17. The van der Waals surface area contributed by atoms with Gasteiger partial charge in [0.25, 0.3) is 0 Å². The number of allylic oxidation sites excluding steroid dienone is 12. The van der Waals surface area contributed by atoms with E-state index < -0.39 is 6.10 Å². The van der Waals surface area contributed by atoms with Gasteiger partial charge in [0.15, 0.2) is 6.10 Å². The SMILES string of the molecule is CC\C=C/C=C\C=C/C=C\C=C/CCCCCC(=O)OCC(COC(=O)CCCCCCCCCCCC)OC(=O)CCCCCCC/C=C\CCCC. The van der Waals surface area contributed by atoms with Crippen LogP contribution < -0.4 is 0 Å². The van der Waals surface area contributed by atoms with Crippen molar-refractivity contribution in [2.45, 2.75) is 200 Å². The first-order chi connectivity index (χ1) is 26.5. The number of carbonyl (C=O) groups excluding carboxylic acids is 3. The largest absolute Gasteiger partial charge is 0.462 e. The Morgan fingerprint density at radius 2 is 0.759 bits per heavy atom. The van der Waals surface area contributed by atoms with E-state index in [0.717, 1.165) is 83.5 Å². The van der Waals surface area contributed by atoms with Crippen LogP contribution in [0.4, 0.5) is 0 Å². The molecule has 0 radical (unpaired) electrons. The first-order valence-corrected chi connectivity index (χ1v) is 22.0. The minimum Gasteiger partial charge on any atom is -0.462 e. The van der Waals surface area contributed by atoms with Crippen molar-refractivity contribution in [1.82, 2.24) is 0 Å². The van der Waals surface area contributed by atoms with Gasteiger partial charge in [0, 0.05) is 19.3 Å². The van der Waals surface area contributed by atoms with E-state index in [1.165, 1.54) is 70.6 Å². The fourth-order valence-corrected chi connectivity index (χ4v) is 5.74. The lowest BCUT2D eigenvalue weighted by atomic mass is 10.1. The fraction of sp³-hybridized carbons (Fsp3) is 0.688. The Morgan fingerprint density at radius 1 is 0.389 bits per heavy atom. The van der Waals surface area contributed by atoms with Gasteiger partial charge in [-0.2, -0.15) is 0 Å². The highest BCUT2D eigenvalue weighted by Crippen LogP contribution is 2.13. The van der Waals surface area contributed by atoms with Gasteiger partial charge in [0.2, 0.25) is 0 Å². The Balaban J connectivity index is 4.47. The van der Waals surface area contributed by atoms with Crippen LogP contribution in [0.3, 0.4) is 0 Å². The summed E-state index contributed by atoms with van der Waals surface area (Å²) < 4.78 is 16.6. The average molecular weight is 753 g/mol. The first-order valence-electron chi connectivity index (χ1n) is 22.0. The van der Waals surface area contributed by atoms with Gasteiger partial charge in [0.1, 0.15) is 13.2 Å². The maximum atomic E-state index is 12.7. The molecule has 0 aliphatic heterocycles. The number of rotatable bonds is 38. The quantitative estimate of drug-likeness (QED) is 0.0205. The maximum Gasteiger partial charge on any atom is 0.306 e. The van der Waals surface area contributed by atoms with Crippen LogP contribution in [0.2, 0.25) is 0 Å². The lowest BCUT2D eigenvalue weighted by Crippen LogP contribution is -2.30. The van der Waals surface area contributed by atoms with E-state index in [9.17, 15) is 14.4 Å². The first kappa shape index (κ1) is 50.9. The lowest BCUT2D eigenvalue weighted by molar-refractivity contribution is -0.167. The zero-order chi connectivity index (χ0) is 39.4. The molecule has 0 amide bonds. The van der Waals surface area contributed by atoms with E-state index in [1.54, 1.807) is 0 Å². The molecule has 0 aliphatic carbocycles. The van der Waals surface area contributed by atoms with Crippen molar-refractivity contribution in [2.24, 2.45) is 0 Å². The summed E-state index contributed by atoms with van der Waals surface area (Å²) in [5.41, 5.74) is 0. The molecule has 1 atom stereocenters. The van der Waals surface area contributed by atoms with Gasteiger partial charge < -0.3 is 14.2 Å². The normalized spacial score (nSPS) is 12.7. The number of hydrogen-bond donors (Lipinski definition) is 0. The molecule has 0 saturated carbocycles. The molecule has 0 spiro atoms. The summed E-state index contributed by atoms with van der Waals surface area (Å²) in [7, 11) is 0. The molecule has 0 aromatic rings. The molecule has 6 nitrogen and oxygen atoms in total. The highest BCUT2D eigenvalue weighted by atomic mass is 16.6. The monoisotopic (exact) mass is 753 g/mol. The van der Waals surface area contributed by atoms with Crippen LogP contribution in [0.15, 0.2) is 72.9 Å². The van der Waals surface area contributed by atoms with Crippen molar-refractivity contribution >= 4 is 17.9 Å². The molecular formula is C48H80O6. The molecule has 1 unspecified atom stereocenters. The van der Waals surface area contributed by atoms with Gasteiger partial charge in [-0.25, -0.2) is 0 Å². The van der Waals surface area contributed by atoms with Crippen LogP contribution in [0.1, 0.15) is 194 Å². The second kappa shape index (κ2) is 42.6. The zero-order valence-corrected chi connectivity index (χ0v) is 35.0. The van der Waals surface area contributed by atoms with Gasteiger partial charge in [-0.3, -0.25) is 14.4 Å². The third kappa shape index (κ3) is 40.0. The highest BCUT2D eigenvalue weighted by molar-refractivity contribution is 5.71. The molecule has 0 aromatic heterocycles. The van der Waals surface area contributed by atoms with Gasteiger partial charge >= 0.3 is 17.9 Å². The standard InChI is InChI=1S/C48H80O6/c1-4-7-10-13-16-19-22-23-24-25-27-29-32-35-38-41-47(50)53-44-45(43-52-46(49)40-37-34-31-28-21-18-15-12-9-6-3)54-48(51)42-39-36-33-30-26-20-17-14-11-8-5-2/h7,10,13-14,16-17,19,22-25,27,45H,4-6,8-9,11-12,15,18,20-21,26,28-44H2,1-3H3/b10-7-,16-13-,17-14-,22-19-,24-23-,27-25-. The lowest BCUT2D eigenvalue weighted by Gasteiger charge is -2.18. The molecule has 0 fully saturated rings. The minimum absolute atomic E-state index is 0.0923. The fourth-order valence-electron chi connectivity index (χ4n) is 5.74.